The predicted octanol–water partition coefficient (Wildman–Crippen LogP) is -0.807. The minimum Gasteiger partial charge on any atom is -0.367 e. The second kappa shape index (κ2) is 3.15. The smallest absolute Gasteiger partial charge is 0.0978 e. The number of likely N-dealkylation sites (N-methyl/N-ethyl adjacent to an activating group) is 2. The molecule has 0 aromatic heterocycles. The molecule has 1 rings (SSSR count). The minimum atomic E-state index is 0.461. The van der Waals surface area contributed by atoms with E-state index in [1.54, 1.807) is 0 Å². The molecule has 0 unspecified atom stereocenters. The highest BCUT2D eigenvalue weighted by atomic mass is 16.6. The van der Waals surface area contributed by atoms with Crippen LogP contribution >= 0.6 is 0 Å². The van der Waals surface area contributed by atoms with E-state index in [2.05, 4.69) is 10.6 Å². The van der Waals surface area contributed by atoms with Gasteiger partial charge in [-0.25, -0.2) is 0 Å². The maximum absolute atomic E-state index is 5.27. The first-order valence-corrected chi connectivity index (χ1v) is 3.33. The Labute approximate surface area is 55.8 Å². The van der Waals surface area contributed by atoms with Crippen molar-refractivity contribution >= 4 is 0 Å². The van der Waals surface area contributed by atoms with Gasteiger partial charge in [-0.05, 0) is 14.1 Å². The Morgan fingerprint density at radius 3 is 1.89 bits per heavy atom. The summed E-state index contributed by atoms with van der Waals surface area (Å²) in [5, 5.41) is 6.13. The zero-order valence-corrected chi connectivity index (χ0v) is 5.98. The average Bonchev–Trinajstić information content (AvgIpc) is 2.50. The third-order valence-corrected chi connectivity index (χ3v) is 1.50. The quantitative estimate of drug-likeness (QED) is 0.489. The van der Waals surface area contributed by atoms with Gasteiger partial charge in [-0.1, -0.05) is 0 Å². The Bertz CT molecular complexity index is 77.1. The van der Waals surface area contributed by atoms with Gasteiger partial charge in [0, 0.05) is 13.1 Å². The lowest BCUT2D eigenvalue weighted by molar-refractivity contribution is 0.363. The fourth-order valence-corrected chi connectivity index (χ4v) is 0.941. The third kappa shape index (κ3) is 1.93. The van der Waals surface area contributed by atoms with Gasteiger partial charge in [0.25, 0.3) is 0 Å². The summed E-state index contributed by atoms with van der Waals surface area (Å²) in [6.07, 6.45) is 0.921. The monoisotopic (exact) mass is 130 g/mol. The number of nitrogens with one attached hydrogen (secondary N) is 2. The van der Waals surface area contributed by atoms with Crippen LogP contribution < -0.4 is 10.6 Å². The van der Waals surface area contributed by atoms with E-state index < -0.39 is 0 Å². The molecule has 9 heavy (non-hydrogen) atoms. The minimum absolute atomic E-state index is 0.461. The van der Waals surface area contributed by atoms with Crippen LogP contribution in [-0.2, 0) is 4.74 Å². The largest absolute Gasteiger partial charge is 0.367 e. The zero-order chi connectivity index (χ0) is 6.69. The molecule has 0 saturated carbocycles. The van der Waals surface area contributed by atoms with E-state index >= 15 is 0 Å². The summed E-state index contributed by atoms with van der Waals surface area (Å²) in [5.41, 5.74) is 0. The maximum atomic E-state index is 5.27. The van der Waals surface area contributed by atoms with Gasteiger partial charge in [0.2, 0.25) is 0 Å². The highest BCUT2D eigenvalue weighted by Crippen LogP contribution is 2.19. The van der Waals surface area contributed by atoms with Crippen molar-refractivity contribution in [2.24, 2.45) is 0 Å². The molecule has 1 fully saturated rings. The highest BCUT2D eigenvalue weighted by molar-refractivity contribution is 4.87. The van der Waals surface area contributed by atoms with Gasteiger partial charge >= 0.3 is 0 Å². The first-order chi connectivity index (χ1) is 4.38. The van der Waals surface area contributed by atoms with E-state index in [4.69, 9.17) is 4.74 Å². The Morgan fingerprint density at radius 1 is 1.11 bits per heavy atom. The number of rotatable bonds is 4. The standard InChI is InChI=1S/C6H14N2O/c1-7-3-5-6(9-5)4-8-2/h5-8H,3-4H2,1-2H3/t5-,6+. The van der Waals surface area contributed by atoms with Crippen LogP contribution in [0.25, 0.3) is 0 Å². The van der Waals surface area contributed by atoms with Crippen molar-refractivity contribution in [2.75, 3.05) is 27.2 Å². The van der Waals surface area contributed by atoms with Crippen molar-refractivity contribution in [3.63, 3.8) is 0 Å². The van der Waals surface area contributed by atoms with Crippen molar-refractivity contribution in [2.45, 2.75) is 12.2 Å². The molecule has 54 valence electrons. The molecule has 3 nitrogen and oxygen atoms in total. The van der Waals surface area contributed by atoms with Gasteiger partial charge < -0.3 is 15.4 Å². The second-order valence-corrected chi connectivity index (χ2v) is 2.33. The normalized spacial score (nSPS) is 32.7. The zero-order valence-electron chi connectivity index (χ0n) is 5.98. The van der Waals surface area contributed by atoms with Crippen molar-refractivity contribution in [1.29, 1.82) is 0 Å². The van der Waals surface area contributed by atoms with Crippen molar-refractivity contribution in [3.8, 4) is 0 Å². The lowest BCUT2D eigenvalue weighted by Crippen LogP contribution is -2.21. The summed E-state index contributed by atoms with van der Waals surface area (Å²) in [5.74, 6) is 0. The molecule has 0 aromatic rings. The van der Waals surface area contributed by atoms with Crippen molar-refractivity contribution in [1.82, 2.24) is 10.6 Å². The molecule has 0 bridgehead atoms. The van der Waals surface area contributed by atoms with Crippen LogP contribution in [0.15, 0.2) is 0 Å². The highest BCUT2D eigenvalue weighted by Gasteiger charge is 2.36. The van der Waals surface area contributed by atoms with Gasteiger partial charge in [0.1, 0.15) is 0 Å². The van der Waals surface area contributed by atoms with Crippen molar-refractivity contribution < 1.29 is 4.74 Å². The maximum Gasteiger partial charge on any atom is 0.0978 e. The summed E-state index contributed by atoms with van der Waals surface area (Å²) in [6, 6.07) is 0. The Hall–Kier alpha value is -0.120. The Balaban J connectivity index is 1.96. The first-order valence-electron chi connectivity index (χ1n) is 3.33. The summed E-state index contributed by atoms with van der Waals surface area (Å²) >= 11 is 0. The number of epoxide rings is 1. The molecule has 0 amide bonds. The summed E-state index contributed by atoms with van der Waals surface area (Å²) in [7, 11) is 3.89. The molecule has 0 aromatic carbocycles. The summed E-state index contributed by atoms with van der Waals surface area (Å²) in [6.45, 7) is 1.96. The SMILES string of the molecule is CNC[C@@H]1O[C@@H]1CNC. The van der Waals surface area contributed by atoms with Crippen LogP contribution in [0.4, 0.5) is 0 Å². The lowest BCUT2D eigenvalue weighted by atomic mass is 10.3. The molecular weight excluding hydrogens is 116 g/mol. The summed E-state index contributed by atoms with van der Waals surface area (Å²) < 4.78 is 5.27. The number of ether oxygens (including phenoxy) is 1. The van der Waals surface area contributed by atoms with E-state index in [9.17, 15) is 0 Å². The van der Waals surface area contributed by atoms with Crippen molar-refractivity contribution in [3.05, 3.63) is 0 Å². The van der Waals surface area contributed by atoms with Crippen LogP contribution in [0, 0.1) is 0 Å². The fourth-order valence-electron chi connectivity index (χ4n) is 0.941. The van der Waals surface area contributed by atoms with E-state index in [-0.39, 0.29) is 0 Å². The molecule has 1 aliphatic rings. The molecule has 1 saturated heterocycles. The fraction of sp³-hybridized carbons (Fsp3) is 1.00. The molecule has 2 atom stereocenters. The van der Waals surface area contributed by atoms with Crippen LogP contribution in [0.3, 0.4) is 0 Å². The number of hydrogen-bond acceptors (Lipinski definition) is 3. The van der Waals surface area contributed by atoms with Gasteiger partial charge in [-0.2, -0.15) is 0 Å². The molecule has 0 radical (unpaired) electrons. The first kappa shape index (κ1) is 6.99. The number of hydrogen-bond donors (Lipinski definition) is 2. The average molecular weight is 130 g/mol. The van der Waals surface area contributed by atoms with Crippen LogP contribution in [-0.4, -0.2) is 39.4 Å². The van der Waals surface area contributed by atoms with Gasteiger partial charge in [-0.15, -0.1) is 0 Å². The molecule has 0 spiro atoms. The second-order valence-electron chi connectivity index (χ2n) is 2.33. The molecule has 1 aliphatic heterocycles. The molecule has 0 aliphatic carbocycles. The Kier molecular flexibility index (Phi) is 2.45. The molecule has 2 N–H and O–H groups in total. The van der Waals surface area contributed by atoms with Crippen LogP contribution in [0.1, 0.15) is 0 Å². The van der Waals surface area contributed by atoms with E-state index in [1.165, 1.54) is 0 Å². The van der Waals surface area contributed by atoms with E-state index in [0.717, 1.165) is 13.1 Å². The van der Waals surface area contributed by atoms with E-state index in [0.29, 0.717) is 12.2 Å². The van der Waals surface area contributed by atoms with E-state index in [1.807, 2.05) is 14.1 Å². The topological polar surface area (TPSA) is 36.6 Å². The third-order valence-electron chi connectivity index (χ3n) is 1.50. The van der Waals surface area contributed by atoms with Crippen LogP contribution in [0.5, 0.6) is 0 Å². The lowest BCUT2D eigenvalue weighted by Gasteiger charge is -1.91. The molecule has 3 heteroatoms. The molecular formula is C6H14N2O. The Morgan fingerprint density at radius 2 is 1.56 bits per heavy atom. The van der Waals surface area contributed by atoms with Crippen LogP contribution in [0.2, 0.25) is 0 Å². The van der Waals surface area contributed by atoms with Gasteiger partial charge in [0.05, 0.1) is 12.2 Å². The van der Waals surface area contributed by atoms with Gasteiger partial charge in [0.15, 0.2) is 0 Å². The predicted molar refractivity (Wildman–Crippen MR) is 36.5 cm³/mol. The van der Waals surface area contributed by atoms with Gasteiger partial charge in [-0.3, -0.25) is 0 Å². The summed E-state index contributed by atoms with van der Waals surface area (Å²) in [4.78, 5) is 0. The molecule has 1 heterocycles.